The lowest BCUT2D eigenvalue weighted by molar-refractivity contribution is -0.132. The first-order valence-electron chi connectivity index (χ1n) is 6.90. The minimum Gasteiger partial charge on any atom is -0.464 e. The molecule has 0 aliphatic carbocycles. The van der Waals surface area contributed by atoms with E-state index in [9.17, 15) is 9.59 Å². The van der Waals surface area contributed by atoms with Gasteiger partial charge in [0.05, 0.1) is 17.0 Å². The van der Waals surface area contributed by atoms with Crippen LogP contribution < -0.4 is 0 Å². The van der Waals surface area contributed by atoms with Crippen molar-refractivity contribution in [3.63, 3.8) is 0 Å². The van der Waals surface area contributed by atoms with Crippen LogP contribution in [0.2, 0.25) is 4.34 Å². The molecule has 0 N–H and O–H groups in total. The van der Waals surface area contributed by atoms with E-state index in [2.05, 4.69) is 9.89 Å². The molecule has 6 nitrogen and oxygen atoms in total. The molecule has 3 heterocycles. The molecule has 1 amide bonds. The van der Waals surface area contributed by atoms with Gasteiger partial charge in [-0.1, -0.05) is 16.8 Å². The number of ether oxygens (including phenoxy) is 1. The SMILES string of the molecule is COC(=O)C1=NOC2(CCN(C(=O)c3csc(Cl)c3)CC2)C1. The van der Waals surface area contributed by atoms with E-state index in [0.717, 1.165) is 0 Å². The van der Waals surface area contributed by atoms with Crippen molar-refractivity contribution in [3.05, 3.63) is 21.3 Å². The Kier molecular flexibility index (Phi) is 4.10. The summed E-state index contributed by atoms with van der Waals surface area (Å²) < 4.78 is 5.27. The molecule has 2 aliphatic heterocycles. The van der Waals surface area contributed by atoms with Gasteiger partial charge < -0.3 is 14.5 Å². The molecule has 0 unspecified atom stereocenters. The Morgan fingerprint density at radius 3 is 2.77 bits per heavy atom. The number of hydrogen-bond acceptors (Lipinski definition) is 6. The molecule has 1 saturated heterocycles. The van der Waals surface area contributed by atoms with E-state index in [0.29, 0.717) is 48.0 Å². The summed E-state index contributed by atoms with van der Waals surface area (Å²) >= 11 is 7.22. The number of halogens is 1. The third kappa shape index (κ3) is 2.83. The summed E-state index contributed by atoms with van der Waals surface area (Å²) in [6.45, 7) is 1.13. The highest BCUT2D eigenvalue weighted by Crippen LogP contribution is 2.35. The van der Waals surface area contributed by atoms with Gasteiger partial charge >= 0.3 is 5.97 Å². The summed E-state index contributed by atoms with van der Waals surface area (Å²) in [7, 11) is 1.32. The van der Waals surface area contributed by atoms with Crippen LogP contribution >= 0.6 is 22.9 Å². The predicted octanol–water partition coefficient (Wildman–Crippen LogP) is 2.33. The second-order valence-corrected chi connectivity index (χ2v) is 6.95. The number of carbonyl (C=O) groups is 2. The number of oxime groups is 1. The number of hydrogen-bond donors (Lipinski definition) is 0. The van der Waals surface area contributed by atoms with E-state index >= 15 is 0 Å². The molecule has 0 radical (unpaired) electrons. The lowest BCUT2D eigenvalue weighted by Gasteiger charge is -2.37. The number of thiophene rings is 1. The second-order valence-electron chi connectivity index (χ2n) is 5.41. The lowest BCUT2D eigenvalue weighted by Crippen LogP contribution is -2.47. The van der Waals surface area contributed by atoms with Crippen LogP contribution in [0.1, 0.15) is 29.6 Å². The van der Waals surface area contributed by atoms with Crippen LogP contribution in [0.3, 0.4) is 0 Å². The van der Waals surface area contributed by atoms with Crippen LogP contribution in [0.15, 0.2) is 16.6 Å². The van der Waals surface area contributed by atoms with Gasteiger partial charge in [0, 0.05) is 37.7 Å². The number of piperidine rings is 1. The molecule has 2 aliphatic rings. The zero-order valence-corrected chi connectivity index (χ0v) is 13.6. The summed E-state index contributed by atoms with van der Waals surface area (Å²) in [6.07, 6.45) is 1.72. The summed E-state index contributed by atoms with van der Waals surface area (Å²) in [5.41, 5.74) is 0.448. The second kappa shape index (κ2) is 5.89. The number of esters is 1. The Labute approximate surface area is 136 Å². The topological polar surface area (TPSA) is 68.2 Å². The number of likely N-dealkylation sites (tertiary alicyclic amines) is 1. The molecule has 0 bridgehead atoms. The van der Waals surface area contributed by atoms with Gasteiger partial charge in [-0.25, -0.2) is 4.79 Å². The monoisotopic (exact) mass is 342 g/mol. The van der Waals surface area contributed by atoms with E-state index in [1.165, 1.54) is 18.4 Å². The standard InChI is InChI=1S/C14H15ClN2O4S/c1-20-13(19)10-7-14(21-16-10)2-4-17(5-3-14)12(18)9-6-11(15)22-8-9/h6,8H,2-5,7H2,1H3. The van der Waals surface area contributed by atoms with Crippen LogP contribution in [0.5, 0.6) is 0 Å². The lowest BCUT2D eigenvalue weighted by atomic mass is 9.86. The zero-order chi connectivity index (χ0) is 15.7. The predicted molar refractivity (Wildman–Crippen MR) is 82.4 cm³/mol. The number of methoxy groups -OCH3 is 1. The van der Waals surface area contributed by atoms with Gasteiger partial charge in [-0.05, 0) is 6.07 Å². The quantitative estimate of drug-likeness (QED) is 0.773. The summed E-state index contributed by atoms with van der Waals surface area (Å²) in [5.74, 6) is -0.478. The smallest absolute Gasteiger partial charge is 0.355 e. The van der Waals surface area contributed by atoms with Crippen LogP contribution in [0.4, 0.5) is 0 Å². The van der Waals surface area contributed by atoms with Gasteiger partial charge in [0.25, 0.3) is 5.91 Å². The van der Waals surface area contributed by atoms with Gasteiger partial charge in [-0.2, -0.15) is 0 Å². The highest BCUT2D eigenvalue weighted by molar-refractivity contribution is 7.14. The minimum absolute atomic E-state index is 0.0230. The van der Waals surface area contributed by atoms with Gasteiger partial charge in [0.2, 0.25) is 0 Å². The third-order valence-corrected chi connectivity index (χ3v) is 5.13. The Bertz CT molecular complexity index is 635. The van der Waals surface area contributed by atoms with Crippen molar-refractivity contribution in [3.8, 4) is 0 Å². The van der Waals surface area contributed by atoms with Crippen molar-refractivity contribution < 1.29 is 19.2 Å². The molecular weight excluding hydrogens is 328 g/mol. The third-order valence-electron chi connectivity index (χ3n) is 4.04. The zero-order valence-electron chi connectivity index (χ0n) is 12.0. The fourth-order valence-electron chi connectivity index (χ4n) is 2.74. The first kappa shape index (κ1) is 15.3. The molecule has 1 fully saturated rings. The van der Waals surface area contributed by atoms with E-state index in [1.807, 2.05) is 0 Å². The van der Waals surface area contributed by atoms with Crippen LogP contribution in [0.25, 0.3) is 0 Å². The molecule has 22 heavy (non-hydrogen) atoms. The molecule has 1 spiro atoms. The highest BCUT2D eigenvalue weighted by Gasteiger charge is 2.44. The molecule has 0 aromatic carbocycles. The van der Waals surface area contributed by atoms with Crippen LogP contribution in [-0.2, 0) is 14.4 Å². The van der Waals surface area contributed by atoms with Gasteiger partial charge in [-0.3, -0.25) is 4.79 Å². The highest BCUT2D eigenvalue weighted by atomic mass is 35.5. The Morgan fingerprint density at radius 1 is 1.45 bits per heavy atom. The maximum absolute atomic E-state index is 12.4. The molecule has 118 valence electrons. The van der Waals surface area contributed by atoms with Crippen molar-refractivity contribution in [2.24, 2.45) is 5.16 Å². The molecule has 0 saturated carbocycles. The largest absolute Gasteiger partial charge is 0.464 e. The van der Waals surface area contributed by atoms with Crippen molar-refractivity contribution in [1.29, 1.82) is 0 Å². The Balaban J connectivity index is 1.60. The summed E-state index contributed by atoms with van der Waals surface area (Å²) in [4.78, 5) is 31.1. The van der Waals surface area contributed by atoms with Crippen molar-refractivity contribution in [2.45, 2.75) is 24.9 Å². The summed E-state index contributed by atoms with van der Waals surface area (Å²) in [6, 6.07) is 1.68. The van der Waals surface area contributed by atoms with E-state index in [4.69, 9.17) is 16.4 Å². The normalized spacial score (nSPS) is 19.7. The maximum atomic E-state index is 12.4. The average molecular weight is 343 g/mol. The Hall–Kier alpha value is -1.60. The molecule has 3 rings (SSSR count). The van der Waals surface area contributed by atoms with Crippen LogP contribution in [-0.4, -0.2) is 48.3 Å². The number of rotatable bonds is 2. The fraction of sp³-hybridized carbons (Fsp3) is 0.500. The molecule has 1 aromatic rings. The van der Waals surface area contributed by atoms with Gasteiger partial charge in [0.1, 0.15) is 5.60 Å². The number of carbonyl (C=O) groups excluding carboxylic acids is 2. The van der Waals surface area contributed by atoms with Gasteiger partial charge in [-0.15, -0.1) is 11.3 Å². The van der Waals surface area contributed by atoms with Crippen LogP contribution in [0, 0.1) is 0 Å². The fourth-order valence-corrected chi connectivity index (χ4v) is 3.59. The van der Waals surface area contributed by atoms with Gasteiger partial charge in [0.15, 0.2) is 5.71 Å². The minimum atomic E-state index is -0.480. The average Bonchev–Trinajstić information content (AvgIpc) is 3.14. The van der Waals surface area contributed by atoms with Crippen molar-refractivity contribution in [1.82, 2.24) is 4.90 Å². The molecule has 0 atom stereocenters. The van der Waals surface area contributed by atoms with E-state index < -0.39 is 11.6 Å². The molecular formula is C14H15ClN2O4S. The van der Waals surface area contributed by atoms with E-state index in [-0.39, 0.29) is 5.91 Å². The maximum Gasteiger partial charge on any atom is 0.355 e. The van der Waals surface area contributed by atoms with Crippen molar-refractivity contribution >= 4 is 40.5 Å². The van der Waals surface area contributed by atoms with E-state index in [1.54, 1.807) is 16.3 Å². The first-order chi connectivity index (χ1) is 10.5. The molecule has 1 aromatic heterocycles. The summed E-state index contributed by atoms with van der Waals surface area (Å²) in [5, 5.41) is 5.60. The Morgan fingerprint density at radius 2 is 2.18 bits per heavy atom. The number of amides is 1. The van der Waals surface area contributed by atoms with Crippen molar-refractivity contribution in [2.75, 3.05) is 20.2 Å². The number of nitrogens with zero attached hydrogens (tertiary/aromatic N) is 2. The first-order valence-corrected chi connectivity index (χ1v) is 8.15. The molecule has 8 heteroatoms.